The van der Waals surface area contributed by atoms with E-state index >= 15 is 0 Å². The summed E-state index contributed by atoms with van der Waals surface area (Å²) < 4.78 is 2.19. The molecule has 0 atom stereocenters. The predicted octanol–water partition coefficient (Wildman–Crippen LogP) is 4.58. The third-order valence-corrected chi connectivity index (χ3v) is 4.27. The van der Waals surface area contributed by atoms with Crippen LogP contribution in [0.15, 0.2) is 91.5 Å². The quantitative estimate of drug-likeness (QED) is 0.537. The largest absolute Gasteiger partial charge is 0.330 e. The van der Waals surface area contributed by atoms with Crippen molar-refractivity contribution in [3.05, 3.63) is 108 Å². The lowest BCUT2D eigenvalue weighted by atomic mass is 10.1. The fourth-order valence-electron chi connectivity index (χ4n) is 2.94. The lowest BCUT2D eigenvalue weighted by Gasteiger charge is -2.09. The Bertz CT molecular complexity index is 926. The van der Waals surface area contributed by atoms with Gasteiger partial charge < -0.3 is 4.57 Å². The number of pyridine rings is 1. The number of aromatic nitrogens is 3. The first-order valence-electron chi connectivity index (χ1n) is 8.42. The molecule has 0 saturated heterocycles. The fraction of sp³-hybridized carbons (Fsp3) is 0.0909. The monoisotopic (exact) mass is 325 g/mol. The van der Waals surface area contributed by atoms with Crippen molar-refractivity contribution in [3.63, 3.8) is 0 Å². The predicted molar refractivity (Wildman–Crippen MR) is 100 cm³/mol. The molecule has 0 unspecified atom stereocenters. The van der Waals surface area contributed by atoms with E-state index in [1.54, 1.807) is 0 Å². The second kappa shape index (κ2) is 7.14. The molecule has 0 spiro atoms. The van der Waals surface area contributed by atoms with Gasteiger partial charge in [0.15, 0.2) is 0 Å². The summed E-state index contributed by atoms with van der Waals surface area (Å²) in [5.41, 5.74) is 5.81. The van der Waals surface area contributed by atoms with Gasteiger partial charge in [0.2, 0.25) is 0 Å². The zero-order valence-electron chi connectivity index (χ0n) is 13.9. The van der Waals surface area contributed by atoms with E-state index in [4.69, 9.17) is 0 Å². The van der Waals surface area contributed by atoms with E-state index in [1.807, 2.05) is 43.0 Å². The van der Waals surface area contributed by atoms with Gasteiger partial charge in [0.25, 0.3) is 0 Å². The molecule has 0 amide bonds. The first-order chi connectivity index (χ1) is 12.4. The molecule has 2 aromatic heterocycles. The normalized spacial score (nSPS) is 10.7. The number of imidazole rings is 1. The Morgan fingerprint density at radius 1 is 0.720 bits per heavy atom. The van der Waals surface area contributed by atoms with Gasteiger partial charge in [0.05, 0.1) is 18.6 Å². The Labute approximate surface area is 147 Å². The van der Waals surface area contributed by atoms with Gasteiger partial charge in [-0.25, -0.2) is 4.98 Å². The molecule has 0 aliphatic rings. The number of benzene rings is 2. The number of rotatable bonds is 5. The Kier molecular flexibility index (Phi) is 4.38. The molecule has 4 aromatic rings. The summed E-state index contributed by atoms with van der Waals surface area (Å²) in [6, 6.07) is 24.9. The van der Waals surface area contributed by atoms with E-state index < -0.39 is 0 Å². The van der Waals surface area contributed by atoms with E-state index in [2.05, 4.69) is 63.1 Å². The maximum absolute atomic E-state index is 4.61. The third kappa shape index (κ3) is 3.66. The minimum absolute atomic E-state index is 0.782. The Morgan fingerprint density at radius 2 is 1.48 bits per heavy atom. The second-order valence-electron chi connectivity index (χ2n) is 6.09. The van der Waals surface area contributed by atoms with Crippen LogP contribution in [-0.2, 0) is 13.0 Å². The van der Waals surface area contributed by atoms with E-state index in [-0.39, 0.29) is 0 Å². The van der Waals surface area contributed by atoms with E-state index in [0.717, 1.165) is 24.2 Å². The van der Waals surface area contributed by atoms with Gasteiger partial charge in [-0.2, -0.15) is 0 Å². The standard InChI is InChI=1S/C22H19N3/c1-3-7-18(8-4-1)13-21-15-23-17-25(21)16-19-11-12-22(24-14-19)20-9-5-2-6-10-20/h1-12,14-15,17H,13,16H2. The number of hydrogen-bond acceptors (Lipinski definition) is 2. The van der Waals surface area contributed by atoms with Crippen molar-refractivity contribution in [1.29, 1.82) is 0 Å². The van der Waals surface area contributed by atoms with Crippen LogP contribution in [0.5, 0.6) is 0 Å². The summed E-state index contributed by atoms with van der Waals surface area (Å²) in [5.74, 6) is 0. The van der Waals surface area contributed by atoms with Crippen molar-refractivity contribution >= 4 is 0 Å². The molecule has 2 aromatic carbocycles. The summed E-state index contributed by atoms with van der Waals surface area (Å²) in [7, 11) is 0. The Morgan fingerprint density at radius 3 is 2.20 bits per heavy atom. The zero-order chi connectivity index (χ0) is 16.9. The van der Waals surface area contributed by atoms with Crippen LogP contribution in [-0.4, -0.2) is 14.5 Å². The highest BCUT2D eigenvalue weighted by Crippen LogP contribution is 2.17. The van der Waals surface area contributed by atoms with E-state index in [0.29, 0.717) is 0 Å². The highest BCUT2D eigenvalue weighted by molar-refractivity contribution is 5.58. The van der Waals surface area contributed by atoms with Crippen LogP contribution in [0.3, 0.4) is 0 Å². The molecule has 3 nitrogen and oxygen atoms in total. The van der Waals surface area contributed by atoms with Crippen molar-refractivity contribution < 1.29 is 0 Å². The Hall–Kier alpha value is -3.20. The maximum atomic E-state index is 4.61. The highest BCUT2D eigenvalue weighted by Gasteiger charge is 2.05. The molecule has 0 N–H and O–H groups in total. The minimum atomic E-state index is 0.782. The molecular formula is C22H19N3. The van der Waals surface area contributed by atoms with Crippen LogP contribution in [0.1, 0.15) is 16.8 Å². The lowest BCUT2D eigenvalue weighted by Crippen LogP contribution is -2.04. The van der Waals surface area contributed by atoms with Crippen LogP contribution in [0, 0.1) is 0 Å². The van der Waals surface area contributed by atoms with E-state index in [1.165, 1.54) is 16.8 Å². The van der Waals surface area contributed by atoms with Gasteiger partial charge >= 0.3 is 0 Å². The summed E-state index contributed by atoms with van der Waals surface area (Å²) in [6.07, 6.45) is 6.67. The molecule has 0 saturated carbocycles. The molecule has 0 aliphatic heterocycles. The number of nitrogens with zero attached hydrogens (tertiary/aromatic N) is 3. The fourth-order valence-corrected chi connectivity index (χ4v) is 2.94. The van der Waals surface area contributed by atoms with Crippen LogP contribution < -0.4 is 0 Å². The lowest BCUT2D eigenvalue weighted by molar-refractivity contribution is 0.751. The van der Waals surface area contributed by atoms with Crippen molar-refractivity contribution in [2.75, 3.05) is 0 Å². The van der Waals surface area contributed by atoms with Gasteiger partial charge in [0, 0.05) is 30.1 Å². The molecule has 122 valence electrons. The minimum Gasteiger partial charge on any atom is -0.330 e. The first kappa shape index (κ1) is 15.3. The van der Waals surface area contributed by atoms with Gasteiger partial charge in [-0.1, -0.05) is 66.7 Å². The molecule has 0 aliphatic carbocycles. The van der Waals surface area contributed by atoms with Crippen molar-refractivity contribution in [3.8, 4) is 11.3 Å². The molecule has 2 heterocycles. The van der Waals surface area contributed by atoms with E-state index in [9.17, 15) is 0 Å². The van der Waals surface area contributed by atoms with Gasteiger partial charge in [-0.05, 0) is 17.2 Å². The average Bonchev–Trinajstić information content (AvgIpc) is 3.10. The molecular weight excluding hydrogens is 306 g/mol. The van der Waals surface area contributed by atoms with Crippen LogP contribution in [0.2, 0.25) is 0 Å². The zero-order valence-corrected chi connectivity index (χ0v) is 13.9. The second-order valence-corrected chi connectivity index (χ2v) is 6.09. The van der Waals surface area contributed by atoms with Crippen molar-refractivity contribution in [2.24, 2.45) is 0 Å². The highest BCUT2D eigenvalue weighted by atomic mass is 15.0. The summed E-state index contributed by atoms with van der Waals surface area (Å²) in [5, 5.41) is 0. The third-order valence-electron chi connectivity index (χ3n) is 4.27. The van der Waals surface area contributed by atoms with Crippen LogP contribution in [0.25, 0.3) is 11.3 Å². The molecule has 0 radical (unpaired) electrons. The first-order valence-corrected chi connectivity index (χ1v) is 8.42. The summed E-state index contributed by atoms with van der Waals surface area (Å²) >= 11 is 0. The SMILES string of the molecule is c1ccc(Cc2cncn2Cc2ccc(-c3ccccc3)nc2)cc1. The van der Waals surface area contributed by atoms with Gasteiger partial charge in [-0.15, -0.1) is 0 Å². The topological polar surface area (TPSA) is 30.7 Å². The summed E-state index contributed by atoms with van der Waals surface area (Å²) in [4.78, 5) is 8.93. The van der Waals surface area contributed by atoms with Gasteiger partial charge in [0.1, 0.15) is 0 Å². The number of hydrogen-bond donors (Lipinski definition) is 0. The van der Waals surface area contributed by atoms with Crippen LogP contribution in [0.4, 0.5) is 0 Å². The smallest absolute Gasteiger partial charge is 0.0951 e. The van der Waals surface area contributed by atoms with Crippen molar-refractivity contribution in [1.82, 2.24) is 14.5 Å². The molecule has 25 heavy (non-hydrogen) atoms. The molecule has 0 bridgehead atoms. The summed E-state index contributed by atoms with van der Waals surface area (Å²) in [6.45, 7) is 0.782. The Balaban J connectivity index is 1.51. The van der Waals surface area contributed by atoms with Gasteiger partial charge in [-0.3, -0.25) is 4.98 Å². The maximum Gasteiger partial charge on any atom is 0.0951 e. The average molecular weight is 325 g/mol. The molecule has 0 fully saturated rings. The van der Waals surface area contributed by atoms with Crippen molar-refractivity contribution in [2.45, 2.75) is 13.0 Å². The molecule has 4 rings (SSSR count). The molecule has 3 heteroatoms. The van der Waals surface area contributed by atoms with Crippen LogP contribution >= 0.6 is 0 Å².